The predicted molar refractivity (Wildman–Crippen MR) is 82.1 cm³/mol. The molecule has 0 bridgehead atoms. The summed E-state index contributed by atoms with van der Waals surface area (Å²) in [4.78, 5) is 8.13. The monoisotopic (exact) mass is 304 g/mol. The fourth-order valence-electron chi connectivity index (χ4n) is 2.98. The average Bonchev–Trinajstić information content (AvgIpc) is 2.93. The SMILES string of the molecule is c1csc(-c2noc(CN(CC3CCCN3)C3CC3)n2)c1. The molecule has 0 spiro atoms. The molecule has 2 fully saturated rings. The van der Waals surface area contributed by atoms with Gasteiger partial charge in [-0.3, -0.25) is 4.90 Å². The van der Waals surface area contributed by atoms with Gasteiger partial charge in [-0.25, -0.2) is 0 Å². The van der Waals surface area contributed by atoms with Crippen molar-refractivity contribution in [2.45, 2.75) is 44.3 Å². The van der Waals surface area contributed by atoms with Crippen LogP contribution in [0.25, 0.3) is 10.7 Å². The normalized spacial score (nSPS) is 22.2. The van der Waals surface area contributed by atoms with E-state index in [1.54, 1.807) is 11.3 Å². The van der Waals surface area contributed by atoms with E-state index < -0.39 is 0 Å². The minimum absolute atomic E-state index is 0.630. The van der Waals surface area contributed by atoms with Gasteiger partial charge >= 0.3 is 0 Å². The van der Waals surface area contributed by atoms with Crippen molar-refractivity contribution in [3.05, 3.63) is 23.4 Å². The van der Waals surface area contributed by atoms with Crippen molar-refractivity contribution in [1.29, 1.82) is 0 Å². The Balaban J connectivity index is 1.43. The molecule has 1 aliphatic carbocycles. The van der Waals surface area contributed by atoms with Crippen molar-refractivity contribution in [2.75, 3.05) is 13.1 Å². The van der Waals surface area contributed by atoms with Crippen molar-refractivity contribution in [3.63, 3.8) is 0 Å². The van der Waals surface area contributed by atoms with Gasteiger partial charge in [0, 0.05) is 18.6 Å². The van der Waals surface area contributed by atoms with Crippen molar-refractivity contribution in [2.24, 2.45) is 0 Å². The maximum absolute atomic E-state index is 5.44. The molecule has 1 atom stereocenters. The molecule has 5 nitrogen and oxygen atoms in total. The molecule has 112 valence electrons. The van der Waals surface area contributed by atoms with Gasteiger partial charge in [0.1, 0.15) is 0 Å². The van der Waals surface area contributed by atoms with Crippen LogP contribution in [0.3, 0.4) is 0 Å². The Labute approximate surface area is 128 Å². The Kier molecular flexibility index (Phi) is 3.75. The summed E-state index contributed by atoms with van der Waals surface area (Å²) in [5.74, 6) is 1.46. The van der Waals surface area contributed by atoms with E-state index in [4.69, 9.17) is 4.52 Å². The standard InChI is InChI=1S/C15H20N4OS/c1-3-11(16-7-1)9-19(12-5-6-12)10-14-17-15(18-20-14)13-4-2-8-21-13/h2,4,8,11-12,16H,1,3,5-7,9-10H2. The van der Waals surface area contributed by atoms with Crippen molar-refractivity contribution in [1.82, 2.24) is 20.4 Å². The molecule has 2 aromatic heterocycles. The molecule has 21 heavy (non-hydrogen) atoms. The van der Waals surface area contributed by atoms with Crippen LogP contribution < -0.4 is 5.32 Å². The maximum atomic E-state index is 5.44. The minimum atomic E-state index is 0.630. The second-order valence-electron chi connectivity index (χ2n) is 5.94. The van der Waals surface area contributed by atoms with E-state index in [-0.39, 0.29) is 0 Å². The predicted octanol–water partition coefficient (Wildman–Crippen LogP) is 2.51. The first-order valence-corrected chi connectivity index (χ1v) is 8.60. The van der Waals surface area contributed by atoms with Gasteiger partial charge in [-0.05, 0) is 43.7 Å². The van der Waals surface area contributed by atoms with Gasteiger partial charge in [0.05, 0.1) is 11.4 Å². The van der Waals surface area contributed by atoms with Crippen molar-refractivity contribution >= 4 is 11.3 Å². The highest BCUT2D eigenvalue weighted by atomic mass is 32.1. The summed E-state index contributed by atoms with van der Waals surface area (Å²) in [6.07, 6.45) is 5.19. The van der Waals surface area contributed by atoms with E-state index in [1.807, 2.05) is 17.5 Å². The van der Waals surface area contributed by atoms with Gasteiger partial charge in [-0.15, -0.1) is 11.3 Å². The molecule has 1 N–H and O–H groups in total. The first-order valence-electron chi connectivity index (χ1n) is 7.72. The van der Waals surface area contributed by atoms with Gasteiger partial charge in [0.2, 0.25) is 11.7 Å². The number of aromatic nitrogens is 2. The third kappa shape index (κ3) is 3.17. The molecule has 3 heterocycles. The lowest BCUT2D eigenvalue weighted by molar-refractivity contribution is 0.201. The quantitative estimate of drug-likeness (QED) is 0.888. The zero-order valence-corrected chi connectivity index (χ0v) is 12.8. The van der Waals surface area contributed by atoms with Gasteiger partial charge in [-0.1, -0.05) is 11.2 Å². The molecule has 6 heteroatoms. The van der Waals surface area contributed by atoms with Crippen LogP contribution in [-0.4, -0.2) is 40.2 Å². The zero-order valence-electron chi connectivity index (χ0n) is 12.0. The number of thiophene rings is 1. The maximum Gasteiger partial charge on any atom is 0.241 e. The molecule has 1 saturated carbocycles. The van der Waals surface area contributed by atoms with E-state index in [2.05, 4.69) is 20.4 Å². The Morgan fingerprint density at radius 3 is 3.05 bits per heavy atom. The number of hydrogen-bond donors (Lipinski definition) is 1. The lowest BCUT2D eigenvalue weighted by Crippen LogP contribution is -2.38. The van der Waals surface area contributed by atoms with Crippen LogP contribution in [0.15, 0.2) is 22.0 Å². The van der Waals surface area contributed by atoms with Crippen LogP contribution in [0.5, 0.6) is 0 Å². The van der Waals surface area contributed by atoms with Crippen LogP contribution in [0, 0.1) is 0 Å². The van der Waals surface area contributed by atoms with E-state index >= 15 is 0 Å². The second kappa shape index (κ2) is 5.87. The van der Waals surface area contributed by atoms with Gasteiger partial charge < -0.3 is 9.84 Å². The van der Waals surface area contributed by atoms with Gasteiger partial charge in [0.25, 0.3) is 0 Å². The third-order valence-electron chi connectivity index (χ3n) is 4.23. The van der Waals surface area contributed by atoms with Gasteiger partial charge in [-0.2, -0.15) is 4.98 Å². The number of rotatable bonds is 6. The molecule has 1 unspecified atom stereocenters. The summed E-state index contributed by atoms with van der Waals surface area (Å²) >= 11 is 1.64. The summed E-state index contributed by atoms with van der Waals surface area (Å²) in [5.41, 5.74) is 0. The van der Waals surface area contributed by atoms with Crippen LogP contribution in [0.2, 0.25) is 0 Å². The van der Waals surface area contributed by atoms with Crippen LogP contribution >= 0.6 is 11.3 Å². The molecule has 2 aromatic rings. The summed E-state index contributed by atoms with van der Waals surface area (Å²) in [6.45, 7) is 3.04. The van der Waals surface area contributed by atoms with E-state index in [9.17, 15) is 0 Å². The van der Waals surface area contributed by atoms with Crippen LogP contribution in [-0.2, 0) is 6.54 Å². The molecular weight excluding hydrogens is 284 g/mol. The largest absolute Gasteiger partial charge is 0.338 e. The second-order valence-corrected chi connectivity index (χ2v) is 6.89. The first kappa shape index (κ1) is 13.4. The summed E-state index contributed by atoms with van der Waals surface area (Å²) in [7, 11) is 0. The summed E-state index contributed by atoms with van der Waals surface area (Å²) in [5, 5.41) is 9.72. The lowest BCUT2D eigenvalue weighted by atomic mass is 10.2. The number of nitrogens with zero attached hydrogens (tertiary/aromatic N) is 3. The fraction of sp³-hybridized carbons (Fsp3) is 0.600. The van der Waals surface area contributed by atoms with E-state index in [0.717, 1.165) is 36.2 Å². The Morgan fingerprint density at radius 2 is 2.33 bits per heavy atom. The zero-order chi connectivity index (χ0) is 14.1. The van der Waals surface area contributed by atoms with Crippen LogP contribution in [0.1, 0.15) is 31.6 Å². The summed E-state index contributed by atoms with van der Waals surface area (Å²) in [6, 6.07) is 5.38. The smallest absolute Gasteiger partial charge is 0.241 e. The van der Waals surface area contributed by atoms with E-state index in [0.29, 0.717) is 12.1 Å². The number of hydrogen-bond acceptors (Lipinski definition) is 6. The Hall–Kier alpha value is -1.24. The molecule has 0 amide bonds. The number of nitrogens with one attached hydrogen (secondary N) is 1. The highest BCUT2D eigenvalue weighted by Gasteiger charge is 2.32. The van der Waals surface area contributed by atoms with E-state index in [1.165, 1.54) is 25.7 Å². The minimum Gasteiger partial charge on any atom is -0.338 e. The Bertz CT molecular complexity index is 572. The Morgan fingerprint density at radius 1 is 1.38 bits per heavy atom. The highest BCUT2D eigenvalue weighted by Crippen LogP contribution is 2.29. The first-order chi connectivity index (χ1) is 10.4. The molecule has 0 radical (unpaired) electrons. The molecule has 1 saturated heterocycles. The van der Waals surface area contributed by atoms with Gasteiger partial charge in [0.15, 0.2) is 0 Å². The topological polar surface area (TPSA) is 54.2 Å². The highest BCUT2D eigenvalue weighted by molar-refractivity contribution is 7.13. The molecular formula is C15H20N4OS. The van der Waals surface area contributed by atoms with Crippen LogP contribution in [0.4, 0.5) is 0 Å². The van der Waals surface area contributed by atoms with Crippen molar-refractivity contribution < 1.29 is 4.52 Å². The molecule has 1 aliphatic heterocycles. The van der Waals surface area contributed by atoms with Crippen molar-refractivity contribution in [3.8, 4) is 10.7 Å². The average molecular weight is 304 g/mol. The molecule has 0 aromatic carbocycles. The fourth-order valence-corrected chi connectivity index (χ4v) is 3.63. The summed E-state index contributed by atoms with van der Waals surface area (Å²) < 4.78 is 5.44. The molecule has 2 aliphatic rings. The lowest BCUT2D eigenvalue weighted by Gasteiger charge is -2.23. The third-order valence-corrected chi connectivity index (χ3v) is 5.09. The molecule has 4 rings (SSSR count).